The van der Waals surface area contributed by atoms with Crippen LogP contribution in [-0.4, -0.2) is 0 Å². The highest BCUT2D eigenvalue weighted by Gasteiger charge is 2.52. The molecular formula is C56H35NO2. The van der Waals surface area contributed by atoms with Gasteiger partial charge in [0.05, 0.1) is 16.5 Å². The molecule has 1 aromatic heterocycles. The zero-order valence-corrected chi connectivity index (χ0v) is 32.0. The Balaban J connectivity index is 1.09. The summed E-state index contributed by atoms with van der Waals surface area (Å²) in [7, 11) is 0. The van der Waals surface area contributed by atoms with E-state index >= 15 is 0 Å². The van der Waals surface area contributed by atoms with Crippen LogP contribution in [0.3, 0.4) is 0 Å². The summed E-state index contributed by atoms with van der Waals surface area (Å²) in [6.45, 7) is 0. The van der Waals surface area contributed by atoms with E-state index < -0.39 is 5.41 Å². The van der Waals surface area contributed by atoms with Crippen LogP contribution in [-0.2, 0) is 5.41 Å². The fraction of sp³-hybridized carbons (Fsp3) is 0.0179. The molecule has 0 atom stereocenters. The minimum Gasteiger partial charge on any atom is -0.422 e. The van der Waals surface area contributed by atoms with Crippen molar-refractivity contribution in [1.29, 1.82) is 0 Å². The number of fused-ring (bicyclic) bond motifs is 13. The van der Waals surface area contributed by atoms with Crippen molar-refractivity contribution in [3.8, 4) is 44.5 Å². The molecular weight excluding hydrogens is 719 g/mol. The second-order valence-corrected chi connectivity index (χ2v) is 15.5. The molecule has 0 aliphatic heterocycles. The van der Waals surface area contributed by atoms with Crippen molar-refractivity contribution in [2.75, 3.05) is 4.90 Å². The maximum absolute atomic E-state index is 13.0. The summed E-state index contributed by atoms with van der Waals surface area (Å²) in [6.07, 6.45) is 0. The molecule has 2 aliphatic rings. The maximum atomic E-state index is 13.0. The molecule has 3 heteroatoms. The lowest BCUT2D eigenvalue weighted by Gasteiger charge is -2.32. The quantitative estimate of drug-likeness (QED) is 0.130. The molecule has 0 fully saturated rings. The van der Waals surface area contributed by atoms with E-state index in [0.29, 0.717) is 11.0 Å². The van der Waals surface area contributed by atoms with Crippen LogP contribution in [0.15, 0.2) is 222 Å². The first-order valence-corrected chi connectivity index (χ1v) is 20.1. The molecule has 1 heterocycles. The van der Waals surface area contributed by atoms with Gasteiger partial charge in [-0.05, 0) is 115 Å². The van der Waals surface area contributed by atoms with Crippen molar-refractivity contribution < 1.29 is 4.42 Å². The topological polar surface area (TPSA) is 33.5 Å². The van der Waals surface area contributed by atoms with Crippen molar-refractivity contribution >= 4 is 38.8 Å². The van der Waals surface area contributed by atoms with E-state index in [0.717, 1.165) is 44.5 Å². The van der Waals surface area contributed by atoms with E-state index in [9.17, 15) is 4.79 Å². The molecule has 276 valence electrons. The number of benzene rings is 9. The predicted molar refractivity (Wildman–Crippen MR) is 242 cm³/mol. The Labute approximate surface area is 341 Å². The van der Waals surface area contributed by atoms with E-state index in [1.807, 2.05) is 30.3 Å². The zero-order chi connectivity index (χ0) is 39.1. The van der Waals surface area contributed by atoms with E-state index in [1.165, 1.54) is 50.1 Å². The van der Waals surface area contributed by atoms with Gasteiger partial charge in [-0.1, -0.05) is 164 Å². The molecule has 0 saturated heterocycles. The average molecular weight is 754 g/mol. The Bertz CT molecular complexity index is 3320. The van der Waals surface area contributed by atoms with Gasteiger partial charge in [-0.3, -0.25) is 0 Å². The minimum absolute atomic E-state index is 0.326. The Kier molecular flexibility index (Phi) is 7.29. The molecule has 9 aromatic carbocycles. The van der Waals surface area contributed by atoms with Crippen molar-refractivity contribution in [2.24, 2.45) is 0 Å². The van der Waals surface area contributed by atoms with Gasteiger partial charge in [-0.15, -0.1) is 0 Å². The van der Waals surface area contributed by atoms with Crippen LogP contribution in [0.5, 0.6) is 0 Å². The Morgan fingerprint density at radius 3 is 1.66 bits per heavy atom. The van der Waals surface area contributed by atoms with Crippen LogP contribution < -0.4 is 10.5 Å². The highest BCUT2D eigenvalue weighted by molar-refractivity contribution is 6.05. The smallest absolute Gasteiger partial charge is 0.344 e. The van der Waals surface area contributed by atoms with Crippen molar-refractivity contribution in [2.45, 2.75) is 5.41 Å². The summed E-state index contributed by atoms with van der Waals surface area (Å²) in [5.74, 6) is 0. The predicted octanol–water partition coefficient (Wildman–Crippen LogP) is 14.1. The molecule has 0 amide bonds. The lowest BCUT2D eigenvalue weighted by atomic mass is 9.70. The fourth-order valence-corrected chi connectivity index (χ4v) is 10.1. The molecule has 59 heavy (non-hydrogen) atoms. The van der Waals surface area contributed by atoms with Gasteiger partial charge in [0.1, 0.15) is 5.58 Å². The van der Waals surface area contributed by atoms with Crippen molar-refractivity contribution in [1.82, 2.24) is 0 Å². The van der Waals surface area contributed by atoms with Gasteiger partial charge in [-0.2, -0.15) is 0 Å². The third-order valence-electron chi connectivity index (χ3n) is 12.5. The summed E-state index contributed by atoms with van der Waals surface area (Å²) >= 11 is 0. The van der Waals surface area contributed by atoms with Crippen LogP contribution in [0.1, 0.15) is 22.3 Å². The number of rotatable bonds is 5. The number of anilines is 3. The molecule has 10 aromatic rings. The molecule has 0 N–H and O–H groups in total. The fourth-order valence-electron chi connectivity index (χ4n) is 10.1. The molecule has 0 saturated carbocycles. The SMILES string of the molecule is O=c1oc2cc(-c3cccc(N(c4ccc(-c5ccccc5)cc4)c4cccc5c4-c4ccccc4C54c5ccccc5-c5ccccc54)c3)ccc2c2ccccc12. The molecule has 0 bridgehead atoms. The third kappa shape index (κ3) is 4.85. The highest BCUT2D eigenvalue weighted by Crippen LogP contribution is 2.64. The molecule has 0 radical (unpaired) electrons. The standard InChI is InChI=1S/C56H35NO2/c58-55-46-21-5-4-18-42(46)45-33-30-39(35-53(45)59-55)38-16-12-17-41(34-38)57(40-31-28-37(29-32-40)36-14-2-1-3-15-36)52-27-13-26-51-54(52)47-22-8-11-25-50(47)56(51)48-23-9-6-19-43(48)44-20-7-10-24-49(44)56/h1-35H. The lowest BCUT2D eigenvalue weighted by molar-refractivity contribution is 0.570. The summed E-state index contributed by atoms with van der Waals surface area (Å²) in [6, 6.07) is 75.7. The van der Waals surface area contributed by atoms with Gasteiger partial charge in [0.2, 0.25) is 0 Å². The molecule has 12 rings (SSSR count). The van der Waals surface area contributed by atoms with E-state index in [4.69, 9.17) is 4.42 Å². The summed E-state index contributed by atoms with van der Waals surface area (Å²) in [4.78, 5) is 15.5. The zero-order valence-electron chi connectivity index (χ0n) is 32.0. The van der Waals surface area contributed by atoms with Gasteiger partial charge in [-0.25, -0.2) is 4.79 Å². The van der Waals surface area contributed by atoms with Gasteiger partial charge < -0.3 is 9.32 Å². The molecule has 0 unspecified atom stereocenters. The first kappa shape index (κ1) is 33.4. The normalized spacial score (nSPS) is 12.9. The van der Waals surface area contributed by atoms with Crippen LogP contribution in [0.25, 0.3) is 66.2 Å². The Morgan fingerprint density at radius 2 is 0.915 bits per heavy atom. The molecule has 2 aliphatic carbocycles. The lowest BCUT2D eigenvalue weighted by Crippen LogP contribution is -2.26. The van der Waals surface area contributed by atoms with Crippen LogP contribution in [0, 0.1) is 0 Å². The van der Waals surface area contributed by atoms with Crippen LogP contribution in [0.2, 0.25) is 0 Å². The number of nitrogens with zero attached hydrogens (tertiary/aromatic N) is 1. The Morgan fingerprint density at radius 1 is 0.373 bits per heavy atom. The van der Waals surface area contributed by atoms with E-state index in [-0.39, 0.29) is 5.63 Å². The summed E-state index contributed by atoms with van der Waals surface area (Å²) in [5, 5.41) is 2.41. The van der Waals surface area contributed by atoms with Gasteiger partial charge in [0, 0.05) is 22.3 Å². The van der Waals surface area contributed by atoms with Crippen LogP contribution >= 0.6 is 0 Å². The summed E-state index contributed by atoms with van der Waals surface area (Å²) in [5.41, 5.74) is 17.6. The van der Waals surface area contributed by atoms with E-state index in [1.54, 1.807) is 0 Å². The second-order valence-electron chi connectivity index (χ2n) is 15.5. The highest BCUT2D eigenvalue weighted by atomic mass is 16.4. The summed E-state index contributed by atoms with van der Waals surface area (Å²) < 4.78 is 5.91. The third-order valence-corrected chi connectivity index (χ3v) is 12.5. The first-order valence-electron chi connectivity index (χ1n) is 20.1. The number of hydrogen-bond acceptors (Lipinski definition) is 3. The van der Waals surface area contributed by atoms with E-state index in [2.05, 4.69) is 187 Å². The Hall–Kier alpha value is -7.75. The second kappa shape index (κ2) is 12.9. The maximum Gasteiger partial charge on any atom is 0.344 e. The van der Waals surface area contributed by atoms with Gasteiger partial charge in [0.15, 0.2) is 0 Å². The first-order chi connectivity index (χ1) is 29.2. The van der Waals surface area contributed by atoms with Gasteiger partial charge in [0.25, 0.3) is 0 Å². The monoisotopic (exact) mass is 753 g/mol. The van der Waals surface area contributed by atoms with Crippen LogP contribution in [0.4, 0.5) is 17.1 Å². The minimum atomic E-state index is -0.459. The molecule has 1 spiro atoms. The average Bonchev–Trinajstić information content (AvgIpc) is 3.78. The number of hydrogen-bond donors (Lipinski definition) is 0. The molecule has 3 nitrogen and oxygen atoms in total. The van der Waals surface area contributed by atoms with Crippen molar-refractivity contribution in [3.05, 3.63) is 245 Å². The van der Waals surface area contributed by atoms with Crippen molar-refractivity contribution in [3.63, 3.8) is 0 Å². The van der Waals surface area contributed by atoms with Gasteiger partial charge >= 0.3 is 5.63 Å². The largest absolute Gasteiger partial charge is 0.422 e.